The number of carbonyl (C=O) groups excluding carboxylic acids is 1. The Bertz CT molecular complexity index is 220. The van der Waals surface area contributed by atoms with Crippen molar-refractivity contribution >= 4 is 17.5 Å². The zero-order chi connectivity index (χ0) is 12.5. The molecule has 0 saturated carbocycles. The molecule has 0 aromatic rings. The summed E-state index contributed by atoms with van der Waals surface area (Å²) in [5, 5.41) is 0.0524. The maximum atomic E-state index is 11.5. The molecule has 1 atom stereocenters. The van der Waals surface area contributed by atoms with Crippen LogP contribution in [-0.4, -0.2) is 29.3 Å². The summed E-state index contributed by atoms with van der Waals surface area (Å²) >= 11 is 5.95. The van der Waals surface area contributed by atoms with Crippen LogP contribution in [0.2, 0.25) is 0 Å². The van der Waals surface area contributed by atoms with Gasteiger partial charge in [0.05, 0.1) is 5.38 Å². The van der Waals surface area contributed by atoms with E-state index < -0.39 is 0 Å². The molecular weight excluding hydrogens is 234 g/mol. The summed E-state index contributed by atoms with van der Waals surface area (Å²) in [7, 11) is 0. The monoisotopic (exact) mass is 259 g/mol. The number of unbranched alkanes of at least 4 members (excludes halogenated alkanes) is 7. The van der Waals surface area contributed by atoms with E-state index in [0.29, 0.717) is 6.42 Å². The molecule has 0 radical (unpaired) electrons. The number of alkyl halides is 1. The molecule has 17 heavy (non-hydrogen) atoms. The molecule has 3 heteroatoms. The molecule has 0 aromatic carbocycles. The highest BCUT2D eigenvalue weighted by atomic mass is 35.5. The molecule has 0 bridgehead atoms. The van der Waals surface area contributed by atoms with Gasteiger partial charge in [0.2, 0.25) is 5.91 Å². The third-order valence-electron chi connectivity index (χ3n) is 3.45. The van der Waals surface area contributed by atoms with Crippen LogP contribution in [-0.2, 0) is 4.79 Å². The predicted molar refractivity (Wildman–Crippen MR) is 73.4 cm³/mol. The fourth-order valence-electron chi connectivity index (χ4n) is 2.38. The molecule has 1 fully saturated rings. The SMILES string of the molecule is CCCCCCCCCCN1CC(Cl)CC1=O. The Kier molecular flexibility index (Phi) is 7.67. The first-order chi connectivity index (χ1) is 8.24. The van der Waals surface area contributed by atoms with E-state index in [-0.39, 0.29) is 11.3 Å². The molecule has 1 amide bonds. The number of likely N-dealkylation sites (tertiary alicyclic amines) is 1. The minimum Gasteiger partial charge on any atom is -0.341 e. The van der Waals surface area contributed by atoms with Crippen molar-refractivity contribution in [3.63, 3.8) is 0 Å². The number of hydrogen-bond donors (Lipinski definition) is 0. The Hall–Kier alpha value is -0.240. The molecule has 0 spiro atoms. The van der Waals surface area contributed by atoms with E-state index in [4.69, 9.17) is 11.6 Å². The zero-order valence-corrected chi connectivity index (χ0v) is 11.8. The maximum absolute atomic E-state index is 11.5. The quantitative estimate of drug-likeness (QED) is 0.453. The van der Waals surface area contributed by atoms with E-state index in [1.807, 2.05) is 4.90 Å². The third kappa shape index (κ3) is 6.30. The zero-order valence-electron chi connectivity index (χ0n) is 11.1. The smallest absolute Gasteiger partial charge is 0.224 e. The summed E-state index contributed by atoms with van der Waals surface area (Å²) in [6.07, 6.45) is 11.1. The summed E-state index contributed by atoms with van der Waals surface area (Å²) in [6.45, 7) is 3.92. The first-order valence-corrected chi connectivity index (χ1v) is 7.59. The van der Waals surface area contributed by atoms with Crippen LogP contribution >= 0.6 is 11.6 Å². The normalized spacial score (nSPS) is 20.2. The number of hydrogen-bond acceptors (Lipinski definition) is 1. The lowest BCUT2D eigenvalue weighted by atomic mass is 10.1. The predicted octanol–water partition coefficient (Wildman–Crippen LogP) is 3.97. The fraction of sp³-hybridized carbons (Fsp3) is 0.929. The van der Waals surface area contributed by atoms with E-state index in [0.717, 1.165) is 19.5 Å². The van der Waals surface area contributed by atoms with Crippen molar-refractivity contribution in [3.8, 4) is 0 Å². The van der Waals surface area contributed by atoms with Gasteiger partial charge in [0.15, 0.2) is 0 Å². The number of rotatable bonds is 9. The average molecular weight is 260 g/mol. The molecule has 0 aromatic heterocycles. The van der Waals surface area contributed by atoms with Crippen LogP contribution in [0.5, 0.6) is 0 Å². The van der Waals surface area contributed by atoms with Crippen LogP contribution in [0.1, 0.15) is 64.7 Å². The standard InChI is InChI=1S/C14H26ClNO/c1-2-3-4-5-6-7-8-9-10-16-12-13(15)11-14(16)17/h13H,2-12H2,1H3. The van der Waals surface area contributed by atoms with E-state index >= 15 is 0 Å². The average Bonchev–Trinajstić information content (AvgIpc) is 2.61. The lowest BCUT2D eigenvalue weighted by Gasteiger charge is -2.15. The second-order valence-corrected chi connectivity index (χ2v) is 5.73. The van der Waals surface area contributed by atoms with Crippen LogP contribution in [0.4, 0.5) is 0 Å². The van der Waals surface area contributed by atoms with Crippen molar-refractivity contribution in [2.24, 2.45) is 0 Å². The lowest BCUT2D eigenvalue weighted by molar-refractivity contribution is -0.127. The summed E-state index contributed by atoms with van der Waals surface area (Å²) in [5.74, 6) is 0.243. The Labute approximate surface area is 111 Å². The van der Waals surface area contributed by atoms with Crippen LogP contribution in [0.25, 0.3) is 0 Å². The minimum atomic E-state index is 0.0524. The van der Waals surface area contributed by atoms with Crippen LogP contribution in [0, 0.1) is 0 Å². The van der Waals surface area contributed by atoms with Crippen molar-refractivity contribution < 1.29 is 4.79 Å². The molecule has 1 unspecified atom stereocenters. The molecule has 2 nitrogen and oxygen atoms in total. The van der Waals surface area contributed by atoms with Gasteiger partial charge in [-0.3, -0.25) is 4.79 Å². The van der Waals surface area contributed by atoms with Crippen molar-refractivity contribution in [2.45, 2.75) is 70.1 Å². The van der Waals surface area contributed by atoms with Gasteiger partial charge in [-0.1, -0.05) is 51.9 Å². The van der Waals surface area contributed by atoms with Crippen molar-refractivity contribution in [2.75, 3.05) is 13.1 Å². The Morgan fingerprint density at radius 1 is 1.12 bits per heavy atom. The van der Waals surface area contributed by atoms with Gasteiger partial charge >= 0.3 is 0 Å². The fourth-order valence-corrected chi connectivity index (χ4v) is 2.68. The number of halogens is 1. The molecular formula is C14H26ClNO. The number of carbonyl (C=O) groups is 1. The van der Waals surface area contributed by atoms with E-state index in [9.17, 15) is 4.79 Å². The van der Waals surface area contributed by atoms with E-state index in [2.05, 4.69) is 6.92 Å². The second kappa shape index (κ2) is 8.79. The minimum absolute atomic E-state index is 0.0524. The van der Waals surface area contributed by atoms with Crippen LogP contribution in [0.3, 0.4) is 0 Å². The van der Waals surface area contributed by atoms with Crippen LogP contribution in [0.15, 0.2) is 0 Å². The molecule has 0 N–H and O–H groups in total. The van der Waals surface area contributed by atoms with E-state index in [1.54, 1.807) is 0 Å². The number of amides is 1. The maximum Gasteiger partial charge on any atom is 0.224 e. The van der Waals surface area contributed by atoms with Gasteiger partial charge in [-0.15, -0.1) is 11.6 Å². The summed E-state index contributed by atoms with van der Waals surface area (Å²) in [6, 6.07) is 0. The van der Waals surface area contributed by atoms with Gasteiger partial charge in [0.1, 0.15) is 0 Å². The molecule has 1 heterocycles. The summed E-state index contributed by atoms with van der Waals surface area (Å²) < 4.78 is 0. The number of nitrogens with zero attached hydrogens (tertiary/aromatic N) is 1. The van der Waals surface area contributed by atoms with Crippen molar-refractivity contribution in [1.29, 1.82) is 0 Å². The molecule has 1 rings (SSSR count). The molecule has 0 aliphatic carbocycles. The van der Waals surface area contributed by atoms with Crippen LogP contribution < -0.4 is 0 Å². The van der Waals surface area contributed by atoms with Gasteiger partial charge in [-0.25, -0.2) is 0 Å². The van der Waals surface area contributed by atoms with E-state index in [1.165, 1.54) is 44.9 Å². The molecule has 1 aliphatic heterocycles. The summed E-state index contributed by atoms with van der Waals surface area (Å²) in [4.78, 5) is 13.4. The largest absolute Gasteiger partial charge is 0.341 e. The van der Waals surface area contributed by atoms with Crippen molar-refractivity contribution in [1.82, 2.24) is 4.90 Å². The van der Waals surface area contributed by atoms with Gasteiger partial charge in [-0.05, 0) is 6.42 Å². The van der Waals surface area contributed by atoms with Gasteiger partial charge in [0.25, 0.3) is 0 Å². The van der Waals surface area contributed by atoms with Gasteiger partial charge < -0.3 is 4.90 Å². The highest BCUT2D eigenvalue weighted by Gasteiger charge is 2.26. The molecule has 100 valence electrons. The van der Waals surface area contributed by atoms with Crippen molar-refractivity contribution in [3.05, 3.63) is 0 Å². The molecule has 1 saturated heterocycles. The molecule has 1 aliphatic rings. The second-order valence-electron chi connectivity index (χ2n) is 5.12. The third-order valence-corrected chi connectivity index (χ3v) is 3.74. The Morgan fingerprint density at radius 3 is 2.24 bits per heavy atom. The first-order valence-electron chi connectivity index (χ1n) is 7.16. The topological polar surface area (TPSA) is 20.3 Å². The lowest BCUT2D eigenvalue weighted by Crippen LogP contribution is -2.26. The van der Waals surface area contributed by atoms with Gasteiger partial charge in [-0.2, -0.15) is 0 Å². The highest BCUT2D eigenvalue weighted by molar-refractivity contribution is 6.22. The highest BCUT2D eigenvalue weighted by Crippen LogP contribution is 2.17. The Balaban J connectivity index is 1.89. The Morgan fingerprint density at radius 2 is 1.71 bits per heavy atom. The summed E-state index contributed by atoms with van der Waals surface area (Å²) in [5.41, 5.74) is 0. The first kappa shape index (κ1) is 14.8. The van der Waals surface area contributed by atoms with Gasteiger partial charge in [0, 0.05) is 19.5 Å².